The Kier molecular flexibility index (Phi) is 8.98. The highest BCUT2D eigenvalue weighted by atomic mass is 32.1. The molecule has 2 N–H and O–H groups in total. The van der Waals surface area contributed by atoms with E-state index in [0.29, 0.717) is 17.8 Å². The van der Waals surface area contributed by atoms with Crippen molar-refractivity contribution < 1.29 is 18.8 Å². The second kappa shape index (κ2) is 12.0. The number of rotatable bonds is 8. The lowest BCUT2D eigenvalue weighted by atomic mass is 9.83. The van der Waals surface area contributed by atoms with Crippen LogP contribution in [0.15, 0.2) is 29.6 Å². The number of benzene rings is 1. The molecule has 3 atom stereocenters. The summed E-state index contributed by atoms with van der Waals surface area (Å²) in [5, 5.41) is 8.85. The van der Waals surface area contributed by atoms with Crippen LogP contribution in [0.5, 0.6) is 0 Å². The Balaban J connectivity index is 1.52. The number of halogens is 1. The summed E-state index contributed by atoms with van der Waals surface area (Å²) in [5.74, 6) is -0.784. The van der Waals surface area contributed by atoms with E-state index in [2.05, 4.69) is 15.6 Å². The maximum atomic E-state index is 14.0. The molecule has 1 saturated carbocycles. The van der Waals surface area contributed by atoms with Gasteiger partial charge in [-0.25, -0.2) is 9.37 Å². The lowest BCUT2D eigenvalue weighted by Gasteiger charge is -2.35. The van der Waals surface area contributed by atoms with Crippen LogP contribution in [0.1, 0.15) is 99.7 Å². The fourth-order valence-electron chi connectivity index (χ4n) is 5.60. The van der Waals surface area contributed by atoms with E-state index in [-0.39, 0.29) is 35.1 Å². The van der Waals surface area contributed by atoms with Crippen molar-refractivity contribution in [2.24, 2.45) is 5.92 Å². The van der Waals surface area contributed by atoms with Gasteiger partial charge in [-0.1, -0.05) is 19.3 Å². The highest BCUT2D eigenvalue weighted by Gasteiger charge is 2.40. The maximum absolute atomic E-state index is 14.0. The first-order valence-corrected chi connectivity index (χ1v) is 14.6. The van der Waals surface area contributed by atoms with E-state index in [1.54, 1.807) is 5.38 Å². The number of hydrogen-bond donors (Lipinski definition) is 2. The van der Waals surface area contributed by atoms with Gasteiger partial charge in [0.15, 0.2) is 0 Å². The molecule has 4 rings (SSSR count). The number of aromatic nitrogens is 1. The monoisotopic (exact) mass is 542 g/mol. The molecular formula is C29H39FN4O3S. The van der Waals surface area contributed by atoms with Crippen LogP contribution >= 0.6 is 11.3 Å². The molecule has 2 aromatic rings. The summed E-state index contributed by atoms with van der Waals surface area (Å²) < 4.78 is 13.3. The van der Waals surface area contributed by atoms with E-state index in [9.17, 15) is 18.8 Å². The molecule has 9 heteroatoms. The summed E-state index contributed by atoms with van der Waals surface area (Å²) >= 11 is 1.37. The average molecular weight is 543 g/mol. The van der Waals surface area contributed by atoms with Gasteiger partial charge in [0.05, 0.1) is 12.1 Å². The third-order valence-corrected chi connectivity index (χ3v) is 8.36. The van der Waals surface area contributed by atoms with Crippen LogP contribution in [0.25, 0.3) is 0 Å². The number of nitrogens with zero attached hydrogens (tertiary/aromatic N) is 2. The van der Waals surface area contributed by atoms with Crippen molar-refractivity contribution in [2.75, 3.05) is 6.54 Å². The predicted molar refractivity (Wildman–Crippen MR) is 146 cm³/mol. The number of likely N-dealkylation sites (tertiary alicyclic amines) is 1. The summed E-state index contributed by atoms with van der Waals surface area (Å²) in [7, 11) is 0. The van der Waals surface area contributed by atoms with Gasteiger partial charge in [-0.2, -0.15) is 0 Å². The van der Waals surface area contributed by atoms with E-state index >= 15 is 0 Å². The quantitative estimate of drug-likeness (QED) is 0.457. The standard InChI is InChI=1S/C29H39FN4O3S/c1-18(33-29(2,3)4)26(36)32-24(19-9-6-5-7-10-19)28(37)34-16-8-11-23(34)27-31-22(17-38-27)25(35)20-12-14-21(30)15-13-20/h12-15,17-19,23-24,33H,5-11,16H2,1-4H3,(H,32,36)/t18-,23-,24-/m0/s1. The van der Waals surface area contributed by atoms with Crippen LogP contribution in [0.3, 0.4) is 0 Å². The van der Waals surface area contributed by atoms with Crippen LogP contribution in [0, 0.1) is 11.7 Å². The fraction of sp³-hybridized carbons (Fsp3) is 0.586. The third kappa shape index (κ3) is 6.86. The van der Waals surface area contributed by atoms with Crippen molar-refractivity contribution >= 4 is 28.9 Å². The van der Waals surface area contributed by atoms with Crippen LogP contribution in [-0.4, -0.2) is 51.6 Å². The molecule has 0 unspecified atom stereocenters. The van der Waals surface area contributed by atoms with Crippen molar-refractivity contribution in [2.45, 2.75) is 96.3 Å². The number of carbonyl (C=O) groups is 3. The molecule has 7 nitrogen and oxygen atoms in total. The van der Waals surface area contributed by atoms with Crippen LogP contribution in [0.2, 0.25) is 0 Å². The molecule has 206 valence electrons. The maximum Gasteiger partial charge on any atom is 0.246 e. The zero-order valence-corrected chi connectivity index (χ0v) is 23.6. The Hall–Kier alpha value is -2.65. The first-order valence-electron chi connectivity index (χ1n) is 13.7. The highest BCUT2D eigenvalue weighted by Crippen LogP contribution is 2.36. The normalized spacial score (nSPS) is 20.2. The van der Waals surface area contributed by atoms with Gasteiger partial charge in [0.25, 0.3) is 0 Å². The minimum Gasteiger partial charge on any atom is -0.343 e. The van der Waals surface area contributed by atoms with Gasteiger partial charge in [-0.15, -0.1) is 11.3 Å². The van der Waals surface area contributed by atoms with E-state index < -0.39 is 17.9 Å². The Labute approximate surface area is 228 Å². The van der Waals surface area contributed by atoms with Gasteiger partial charge in [0.1, 0.15) is 22.6 Å². The lowest BCUT2D eigenvalue weighted by molar-refractivity contribution is -0.139. The Bertz CT molecular complexity index is 1140. The second-order valence-corrected chi connectivity index (χ2v) is 12.5. The highest BCUT2D eigenvalue weighted by molar-refractivity contribution is 7.10. The van der Waals surface area contributed by atoms with Gasteiger partial charge in [-0.05, 0) is 83.6 Å². The van der Waals surface area contributed by atoms with E-state index in [1.165, 1.54) is 35.6 Å². The van der Waals surface area contributed by atoms with Crippen LogP contribution in [-0.2, 0) is 9.59 Å². The van der Waals surface area contributed by atoms with Gasteiger partial charge >= 0.3 is 0 Å². The topological polar surface area (TPSA) is 91.4 Å². The number of nitrogens with one attached hydrogen (secondary N) is 2. The second-order valence-electron chi connectivity index (χ2n) is 11.6. The number of hydrogen-bond acceptors (Lipinski definition) is 6. The third-order valence-electron chi connectivity index (χ3n) is 7.41. The van der Waals surface area contributed by atoms with Crippen molar-refractivity contribution in [3.05, 3.63) is 51.7 Å². The Morgan fingerprint density at radius 3 is 2.39 bits per heavy atom. The van der Waals surface area contributed by atoms with Crippen LogP contribution < -0.4 is 10.6 Å². The van der Waals surface area contributed by atoms with Gasteiger partial charge in [0, 0.05) is 23.0 Å². The predicted octanol–water partition coefficient (Wildman–Crippen LogP) is 5.02. The van der Waals surface area contributed by atoms with Gasteiger partial charge < -0.3 is 15.5 Å². The molecule has 1 aromatic heterocycles. The Morgan fingerprint density at radius 1 is 1.05 bits per heavy atom. The number of carbonyl (C=O) groups excluding carboxylic acids is 3. The molecule has 2 heterocycles. The minimum atomic E-state index is -0.576. The summed E-state index contributed by atoms with van der Waals surface area (Å²) in [6, 6.07) is 4.19. The summed E-state index contributed by atoms with van der Waals surface area (Å²) in [5.41, 5.74) is 0.450. The van der Waals surface area contributed by atoms with Crippen molar-refractivity contribution in [3.8, 4) is 0 Å². The van der Waals surface area contributed by atoms with Gasteiger partial charge in [-0.3, -0.25) is 14.4 Å². The zero-order valence-electron chi connectivity index (χ0n) is 22.8. The van der Waals surface area contributed by atoms with Crippen LogP contribution in [0.4, 0.5) is 4.39 Å². The van der Waals surface area contributed by atoms with E-state index in [0.717, 1.165) is 50.0 Å². The Morgan fingerprint density at radius 2 is 1.74 bits per heavy atom. The van der Waals surface area contributed by atoms with Crippen molar-refractivity contribution in [1.29, 1.82) is 0 Å². The lowest BCUT2D eigenvalue weighted by Crippen LogP contribution is -2.57. The van der Waals surface area contributed by atoms with Crippen molar-refractivity contribution in [3.63, 3.8) is 0 Å². The molecule has 1 aliphatic heterocycles. The largest absolute Gasteiger partial charge is 0.343 e. The number of thiazole rings is 1. The van der Waals surface area contributed by atoms with E-state index in [1.807, 2.05) is 32.6 Å². The number of amides is 2. The first-order chi connectivity index (χ1) is 18.0. The molecule has 38 heavy (non-hydrogen) atoms. The molecule has 0 radical (unpaired) electrons. The molecule has 1 aromatic carbocycles. The molecule has 0 spiro atoms. The molecule has 2 fully saturated rings. The molecule has 2 amide bonds. The summed E-state index contributed by atoms with van der Waals surface area (Å²) in [6.07, 6.45) is 6.72. The summed E-state index contributed by atoms with van der Waals surface area (Å²) in [4.78, 5) is 46.5. The molecule has 1 aliphatic carbocycles. The molecule has 0 bridgehead atoms. The average Bonchev–Trinajstić information content (AvgIpc) is 3.56. The van der Waals surface area contributed by atoms with Gasteiger partial charge in [0.2, 0.25) is 17.6 Å². The van der Waals surface area contributed by atoms with E-state index in [4.69, 9.17) is 0 Å². The molecule has 1 saturated heterocycles. The molecule has 2 aliphatic rings. The molecular weight excluding hydrogens is 503 g/mol. The zero-order chi connectivity index (χ0) is 27.4. The SMILES string of the molecule is C[C@H](NC(C)(C)C)C(=O)N[C@H](C(=O)N1CCC[C@H]1c1nc(C(=O)c2ccc(F)cc2)cs1)C1CCCCC1. The van der Waals surface area contributed by atoms with Crippen molar-refractivity contribution in [1.82, 2.24) is 20.5 Å². The minimum absolute atomic E-state index is 0.0580. The fourth-order valence-corrected chi connectivity index (χ4v) is 6.55. The smallest absolute Gasteiger partial charge is 0.246 e. The number of ketones is 1. The first kappa shape index (κ1) is 28.4. The summed E-state index contributed by atoms with van der Waals surface area (Å²) in [6.45, 7) is 8.46.